The third-order valence-electron chi connectivity index (χ3n) is 3.65. The van der Waals surface area contributed by atoms with Crippen molar-refractivity contribution in [3.8, 4) is 0 Å². The molecule has 0 saturated heterocycles. The van der Waals surface area contributed by atoms with Gasteiger partial charge in [0.05, 0.1) is 10.6 Å². The maximum atomic E-state index is 12.5. The van der Waals surface area contributed by atoms with Crippen molar-refractivity contribution in [2.75, 3.05) is 12.4 Å². The first kappa shape index (κ1) is 18.1. The summed E-state index contributed by atoms with van der Waals surface area (Å²) in [4.78, 5) is 34.7. The van der Waals surface area contributed by atoms with Gasteiger partial charge < -0.3 is 10.6 Å². The third-order valence-corrected chi connectivity index (χ3v) is 3.65. The first-order chi connectivity index (χ1) is 11.8. The fraction of sp³-hybridized carbons (Fsp3) is 0.429. The van der Waals surface area contributed by atoms with E-state index < -0.39 is 22.8 Å². The number of anilines is 1. The number of nitro groups is 1. The van der Waals surface area contributed by atoms with E-state index in [1.807, 2.05) is 6.92 Å². The van der Waals surface area contributed by atoms with Crippen molar-refractivity contribution in [3.05, 3.63) is 33.9 Å². The zero-order chi connectivity index (χ0) is 18.7. The molecule has 0 aliphatic carbocycles. The monoisotopic (exact) mass is 349 g/mol. The van der Waals surface area contributed by atoms with Crippen LogP contribution in [0.4, 0.5) is 11.4 Å². The molecule has 2 N–H and O–H groups in total. The van der Waals surface area contributed by atoms with Gasteiger partial charge in [-0.05, 0) is 20.8 Å². The summed E-state index contributed by atoms with van der Waals surface area (Å²) >= 11 is 0. The van der Waals surface area contributed by atoms with Gasteiger partial charge in [-0.15, -0.1) is 0 Å². The number of aryl methyl sites for hydroxylation is 2. The summed E-state index contributed by atoms with van der Waals surface area (Å²) in [6.07, 6.45) is 2.75. The highest BCUT2D eigenvalue weighted by Crippen LogP contribution is 2.20. The molecule has 1 atom stereocenters. The maximum Gasteiger partial charge on any atom is 0.309 e. The normalized spacial score (nSPS) is 11.8. The molecule has 134 valence electrons. The van der Waals surface area contributed by atoms with E-state index in [-0.39, 0.29) is 22.8 Å². The minimum absolute atomic E-state index is 0.0903. The van der Waals surface area contributed by atoms with Gasteiger partial charge in [0.15, 0.2) is 5.69 Å². The summed E-state index contributed by atoms with van der Waals surface area (Å²) in [5.41, 5.74) is 0.406. The first-order valence-electron chi connectivity index (χ1n) is 7.59. The van der Waals surface area contributed by atoms with Gasteiger partial charge in [-0.2, -0.15) is 10.2 Å². The Balaban J connectivity index is 2.24. The molecule has 0 aliphatic heterocycles. The Bertz CT molecular complexity index is 823. The molecule has 0 aromatic carbocycles. The molecule has 0 aliphatic rings. The lowest BCUT2D eigenvalue weighted by Crippen LogP contribution is -2.26. The molecule has 2 heterocycles. The molecule has 0 spiro atoms. The SMILES string of the molecule is CCn1cc(NC(=O)C(C)n2cc([N+](=O)[O-])c(C)n2)c(C(=O)NC)n1. The predicted molar refractivity (Wildman–Crippen MR) is 88.3 cm³/mol. The van der Waals surface area contributed by atoms with Crippen molar-refractivity contribution in [1.82, 2.24) is 24.9 Å². The molecule has 0 fully saturated rings. The quantitative estimate of drug-likeness (QED) is 0.586. The number of carbonyl (C=O) groups is 2. The van der Waals surface area contributed by atoms with Crippen molar-refractivity contribution in [2.24, 2.45) is 0 Å². The molecule has 0 saturated carbocycles. The van der Waals surface area contributed by atoms with E-state index in [2.05, 4.69) is 20.8 Å². The average molecular weight is 349 g/mol. The second-order valence-electron chi connectivity index (χ2n) is 5.33. The van der Waals surface area contributed by atoms with Crippen LogP contribution >= 0.6 is 0 Å². The number of aromatic nitrogens is 4. The minimum Gasteiger partial charge on any atom is -0.354 e. The molecule has 25 heavy (non-hydrogen) atoms. The third kappa shape index (κ3) is 3.65. The standard InChI is InChI=1S/C14H19N7O4/c1-5-19-6-10(12(18-19)14(23)15-4)16-13(22)9(3)20-7-11(21(24)25)8(2)17-20/h6-7,9H,5H2,1-4H3,(H,15,23)(H,16,22). The van der Waals surface area contributed by atoms with Crippen LogP contribution in [-0.2, 0) is 11.3 Å². The molecular formula is C14H19N7O4. The van der Waals surface area contributed by atoms with E-state index in [1.54, 1.807) is 13.1 Å². The second kappa shape index (κ2) is 7.11. The van der Waals surface area contributed by atoms with Crippen LogP contribution in [0, 0.1) is 17.0 Å². The highest BCUT2D eigenvalue weighted by molar-refractivity contribution is 6.02. The number of hydrogen-bond acceptors (Lipinski definition) is 6. The summed E-state index contributed by atoms with van der Waals surface area (Å²) in [6, 6.07) is -0.810. The minimum atomic E-state index is -0.810. The van der Waals surface area contributed by atoms with Crippen LogP contribution in [0.25, 0.3) is 0 Å². The molecule has 2 amide bonds. The summed E-state index contributed by atoms with van der Waals surface area (Å²) in [7, 11) is 1.47. The molecule has 11 nitrogen and oxygen atoms in total. The zero-order valence-corrected chi connectivity index (χ0v) is 14.3. The summed E-state index contributed by atoms with van der Waals surface area (Å²) in [6.45, 7) is 5.42. The number of hydrogen-bond donors (Lipinski definition) is 2. The fourth-order valence-electron chi connectivity index (χ4n) is 2.17. The van der Waals surface area contributed by atoms with E-state index in [9.17, 15) is 19.7 Å². The van der Waals surface area contributed by atoms with Crippen molar-refractivity contribution in [3.63, 3.8) is 0 Å². The predicted octanol–water partition coefficient (Wildman–Crippen LogP) is 0.875. The molecule has 2 rings (SSSR count). The molecule has 1 unspecified atom stereocenters. The van der Waals surface area contributed by atoms with Crippen LogP contribution in [0.3, 0.4) is 0 Å². The van der Waals surface area contributed by atoms with E-state index in [4.69, 9.17) is 0 Å². The molecule has 0 bridgehead atoms. The van der Waals surface area contributed by atoms with Crippen molar-refractivity contribution >= 4 is 23.2 Å². The van der Waals surface area contributed by atoms with Crippen LogP contribution < -0.4 is 10.6 Å². The van der Waals surface area contributed by atoms with Gasteiger partial charge in [-0.1, -0.05) is 0 Å². The Morgan fingerprint density at radius 3 is 2.56 bits per heavy atom. The van der Waals surface area contributed by atoms with Gasteiger partial charge in [-0.25, -0.2) is 0 Å². The summed E-state index contributed by atoms with van der Waals surface area (Å²) in [5.74, 6) is -0.904. The van der Waals surface area contributed by atoms with Gasteiger partial charge in [0.25, 0.3) is 5.91 Å². The van der Waals surface area contributed by atoms with E-state index in [0.717, 1.165) is 0 Å². The van der Waals surface area contributed by atoms with Crippen molar-refractivity contribution in [2.45, 2.75) is 33.4 Å². The van der Waals surface area contributed by atoms with Crippen molar-refractivity contribution in [1.29, 1.82) is 0 Å². The lowest BCUT2D eigenvalue weighted by Gasteiger charge is -2.12. The van der Waals surface area contributed by atoms with Crippen molar-refractivity contribution < 1.29 is 14.5 Å². The van der Waals surface area contributed by atoms with Gasteiger partial charge in [0.2, 0.25) is 5.91 Å². The summed E-state index contributed by atoms with van der Waals surface area (Å²) < 4.78 is 2.74. The second-order valence-corrected chi connectivity index (χ2v) is 5.33. The Morgan fingerprint density at radius 1 is 1.36 bits per heavy atom. The van der Waals surface area contributed by atoms with Crippen LogP contribution in [0.15, 0.2) is 12.4 Å². The number of nitrogens with zero attached hydrogens (tertiary/aromatic N) is 5. The van der Waals surface area contributed by atoms with E-state index in [0.29, 0.717) is 6.54 Å². The van der Waals surface area contributed by atoms with E-state index >= 15 is 0 Å². The molecule has 2 aromatic heterocycles. The van der Waals surface area contributed by atoms with Crippen LogP contribution in [0.2, 0.25) is 0 Å². The lowest BCUT2D eigenvalue weighted by atomic mass is 10.3. The highest BCUT2D eigenvalue weighted by Gasteiger charge is 2.24. The zero-order valence-electron chi connectivity index (χ0n) is 14.3. The maximum absolute atomic E-state index is 12.5. The number of nitrogens with one attached hydrogen (secondary N) is 2. The molecular weight excluding hydrogens is 330 g/mol. The average Bonchev–Trinajstić information content (AvgIpc) is 3.16. The number of rotatable bonds is 6. The van der Waals surface area contributed by atoms with Gasteiger partial charge in [0, 0.05) is 19.8 Å². The fourth-order valence-corrected chi connectivity index (χ4v) is 2.17. The van der Waals surface area contributed by atoms with Gasteiger partial charge in [-0.3, -0.25) is 29.1 Å². The Kier molecular flexibility index (Phi) is 5.15. The Labute approximate surface area is 143 Å². The largest absolute Gasteiger partial charge is 0.354 e. The molecule has 2 aromatic rings. The van der Waals surface area contributed by atoms with Gasteiger partial charge in [0.1, 0.15) is 17.9 Å². The molecule has 0 radical (unpaired) electrons. The first-order valence-corrected chi connectivity index (χ1v) is 7.59. The topological polar surface area (TPSA) is 137 Å². The van der Waals surface area contributed by atoms with Crippen LogP contribution in [-0.4, -0.2) is 43.3 Å². The number of amides is 2. The summed E-state index contributed by atoms with van der Waals surface area (Å²) in [5, 5.41) is 24.1. The Morgan fingerprint density at radius 2 is 2.04 bits per heavy atom. The van der Waals surface area contributed by atoms with E-state index in [1.165, 1.54) is 29.5 Å². The van der Waals surface area contributed by atoms with Crippen LogP contribution in [0.5, 0.6) is 0 Å². The highest BCUT2D eigenvalue weighted by atomic mass is 16.6. The van der Waals surface area contributed by atoms with Gasteiger partial charge >= 0.3 is 5.69 Å². The lowest BCUT2D eigenvalue weighted by molar-refractivity contribution is -0.385. The smallest absolute Gasteiger partial charge is 0.309 e. The number of carbonyl (C=O) groups excluding carboxylic acids is 2. The molecule has 11 heteroatoms. The van der Waals surface area contributed by atoms with Crippen LogP contribution in [0.1, 0.15) is 36.1 Å². The Hall–Kier alpha value is -3.24.